The van der Waals surface area contributed by atoms with Crippen molar-refractivity contribution in [3.05, 3.63) is 58.6 Å². The minimum absolute atomic E-state index is 0.0242. The lowest BCUT2D eigenvalue weighted by Gasteiger charge is -2.22. The maximum Gasteiger partial charge on any atom is 0.269 e. The van der Waals surface area contributed by atoms with Crippen molar-refractivity contribution in [1.29, 1.82) is 0 Å². The molecule has 0 aliphatic carbocycles. The summed E-state index contributed by atoms with van der Waals surface area (Å²) in [4.78, 5) is 13.4. The molecule has 0 spiro atoms. The second-order valence-corrected chi connectivity index (χ2v) is 7.11. The van der Waals surface area contributed by atoms with E-state index in [1.807, 2.05) is 12.1 Å². The van der Waals surface area contributed by atoms with Gasteiger partial charge in [-0.3, -0.25) is 10.1 Å². The number of nitrogens with zero attached hydrogens (tertiary/aromatic N) is 2. The highest BCUT2D eigenvalue weighted by molar-refractivity contribution is 7.85. The Kier molecular flexibility index (Phi) is 7.02. The van der Waals surface area contributed by atoms with E-state index in [0.717, 1.165) is 5.69 Å². The second kappa shape index (κ2) is 9.01. The summed E-state index contributed by atoms with van der Waals surface area (Å²) in [6.45, 7) is 1.36. The zero-order valence-corrected chi connectivity index (χ0v) is 15.1. The third-order valence-corrected chi connectivity index (χ3v) is 5.13. The molecule has 2 aromatic carbocycles. The average molecular weight is 387 g/mol. The smallest absolute Gasteiger partial charge is 0.269 e. The van der Waals surface area contributed by atoms with Gasteiger partial charge in [0.1, 0.15) is 0 Å². The standard InChI is InChI=1S/C16H16Cl2N2O3S/c17-9-11-19(12-10-18)13-1-5-15(6-2-13)24(23)16-7-3-14(4-8-16)20(21)22/h1-8H,9-12H2. The Balaban J connectivity index is 2.17. The number of benzene rings is 2. The van der Waals surface area contributed by atoms with Gasteiger partial charge in [-0.05, 0) is 36.4 Å². The summed E-state index contributed by atoms with van der Waals surface area (Å²) in [5.74, 6) is 0.987. The van der Waals surface area contributed by atoms with E-state index in [0.29, 0.717) is 34.6 Å². The predicted molar refractivity (Wildman–Crippen MR) is 97.9 cm³/mol. The second-order valence-electron chi connectivity index (χ2n) is 4.88. The van der Waals surface area contributed by atoms with Gasteiger partial charge in [-0.1, -0.05) is 0 Å². The van der Waals surface area contributed by atoms with E-state index in [1.165, 1.54) is 24.3 Å². The van der Waals surface area contributed by atoms with E-state index < -0.39 is 15.7 Å². The van der Waals surface area contributed by atoms with Gasteiger partial charge >= 0.3 is 0 Å². The molecule has 0 saturated heterocycles. The van der Waals surface area contributed by atoms with Gasteiger partial charge in [0.05, 0.1) is 15.7 Å². The largest absolute Gasteiger partial charge is 0.369 e. The lowest BCUT2D eigenvalue weighted by Crippen LogP contribution is -2.27. The number of anilines is 1. The number of hydrogen-bond acceptors (Lipinski definition) is 4. The number of nitro groups is 1. The van der Waals surface area contributed by atoms with Crippen LogP contribution in [0.25, 0.3) is 0 Å². The number of non-ortho nitro benzene ring substituents is 1. The molecule has 8 heteroatoms. The Hall–Kier alpha value is -1.63. The van der Waals surface area contributed by atoms with Crippen molar-refractivity contribution in [2.24, 2.45) is 0 Å². The Bertz CT molecular complexity index is 702. The zero-order chi connectivity index (χ0) is 17.5. The molecule has 24 heavy (non-hydrogen) atoms. The summed E-state index contributed by atoms with van der Waals surface area (Å²) in [5, 5.41) is 10.7. The highest BCUT2D eigenvalue weighted by atomic mass is 35.5. The number of rotatable bonds is 8. The molecule has 0 N–H and O–H groups in total. The van der Waals surface area contributed by atoms with Crippen LogP contribution in [-0.2, 0) is 10.8 Å². The highest BCUT2D eigenvalue weighted by Crippen LogP contribution is 2.22. The summed E-state index contributed by atoms with van der Waals surface area (Å²) in [6, 6.07) is 13.0. The topological polar surface area (TPSA) is 63.5 Å². The molecule has 0 aliphatic heterocycles. The van der Waals surface area contributed by atoms with Crippen LogP contribution in [0.4, 0.5) is 11.4 Å². The molecule has 0 heterocycles. The summed E-state index contributed by atoms with van der Waals surface area (Å²) in [7, 11) is -1.39. The van der Waals surface area contributed by atoms with E-state index in [1.54, 1.807) is 12.1 Å². The molecule has 2 aromatic rings. The van der Waals surface area contributed by atoms with Gasteiger partial charge < -0.3 is 4.90 Å². The van der Waals surface area contributed by atoms with Crippen LogP contribution in [0.1, 0.15) is 0 Å². The average Bonchev–Trinajstić information content (AvgIpc) is 2.61. The van der Waals surface area contributed by atoms with Crippen molar-refractivity contribution < 1.29 is 9.13 Å². The predicted octanol–water partition coefficient (Wildman–Crippen LogP) is 4.05. The van der Waals surface area contributed by atoms with Crippen LogP contribution in [0.15, 0.2) is 58.3 Å². The third kappa shape index (κ3) is 4.69. The van der Waals surface area contributed by atoms with Gasteiger partial charge in [-0.2, -0.15) is 0 Å². The first kappa shape index (κ1) is 18.7. The molecule has 0 bridgehead atoms. The van der Waals surface area contributed by atoms with Crippen molar-refractivity contribution in [3.63, 3.8) is 0 Å². The number of alkyl halides is 2. The number of hydrogen-bond donors (Lipinski definition) is 0. The van der Waals surface area contributed by atoms with Crippen LogP contribution >= 0.6 is 23.2 Å². The monoisotopic (exact) mass is 386 g/mol. The first-order valence-corrected chi connectivity index (χ1v) is 9.42. The van der Waals surface area contributed by atoms with Crippen molar-refractivity contribution in [3.8, 4) is 0 Å². The minimum Gasteiger partial charge on any atom is -0.369 e. The van der Waals surface area contributed by atoms with Crippen LogP contribution in [0, 0.1) is 10.1 Å². The van der Waals surface area contributed by atoms with E-state index in [2.05, 4.69) is 4.90 Å². The van der Waals surface area contributed by atoms with Crippen LogP contribution in [-0.4, -0.2) is 34.0 Å². The van der Waals surface area contributed by atoms with Crippen LogP contribution in [0.2, 0.25) is 0 Å². The van der Waals surface area contributed by atoms with Crippen molar-refractivity contribution in [1.82, 2.24) is 0 Å². The van der Waals surface area contributed by atoms with Crippen LogP contribution in [0.5, 0.6) is 0 Å². The van der Waals surface area contributed by atoms with Gasteiger partial charge in [0, 0.05) is 52.5 Å². The molecule has 0 aromatic heterocycles. The van der Waals surface area contributed by atoms with E-state index in [4.69, 9.17) is 23.2 Å². The molecule has 0 fully saturated rings. The Morgan fingerprint density at radius 3 is 1.79 bits per heavy atom. The molecule has 0 radical (unpaired) electrons. The van der Waals surface area contributed by atoms with Gasteiger partial charge in [0.25, 0.3) is 5.69 Å². The fraction of sp³-hybridized carbons (Fsp3) is 0.250. The van der Waals surface area contributed by atoms with Gasteiger partial charge in [-0.25, -0.2) is 4.21 Å². The lowest BCUT2D eigenvalue weighted by atomic mass is 10.3. The van der Waals surface area contributed by atoms with Gasteiger partial charge in [0.15, 0.2) is 0 Å². The molecule has 5 nitrogen and oxygen atoms in total. The molecule has 2 rings (SSSR count). The fourth-order valence-electron chi connectivity index (χ4n) is 2.18. The fourth-order valence-corrected chi connectivity index (χ4v) is 3.63. The molecular weight excluding hydrogens is 371 g/mol. The van der Waals surface area contributed by atoms with E-state index >= 15 is 0 Å². The molecule has 1 unspecified atom stereocenters. The molecule has 0 saturated carbocycles. The summed E-state index contributed by atoms with van der Waals surface area (Å²) < 4.78 is 12.5. The number of nitro benzene ring substituents is 1. The van der Waals surface area contributed by atoms with Gasteiger partial charge in [0.2, 0.25) is 0 Å². The minimum atomic E-state index is -1.39. The van der Waals surface area contributed by atoms with Crippen molar-refractivity contribution in [2.75, 3.05) is 29.7 Å². The summed E-state index contributed by atoms with van der Waals surface area (Å²) >= 11 is 11.6. The van der Waals surface area contributed by atoms with E-state index in [9.17, 15) is 14.3 Å². The zero-order valence-electron chi connectivity index (χ0n) is 12.7. The first-order valence-electron chi connectivity index (χ1n) is 7.20. The Morgan fingerprint density at radius 2 is 1.38 bits per heavy atom. The van der Waals surface area contributed by atoms with Crippen molar-refractivity contribution in [2.45, 2.75) is 9.79 Å². The molecule has 1 atom stereocenters. The van der Waals surface area contributed by atoms with Crippen molar-refractivity contribution >= 4 is 45.4 Å². The maximum atomic E-state index is 12.5. The Labute approximate surface area is 152 Å². The summed E-state index contributed by atoms with van der Waals surface area (Å²) in [5.41, 5.74) is 0.935. The normalized spacial score (nSPS) is 11.9. The SMILES string of the molecule is O=[N+]([O-])c1ccc(S(=O)c2ccc(N(CCCl)CCCl)cc2)cc1. The number of halogens is 2. The quantitative estimate of drug-likeness (QED) is 0.390. The van der Waals surface area contributed by atoms with E-state index in [-0.39, 0.29) is 5.69 Å². The van der Waals surface area contributed by atoms with Gasteiger partial charge in [-0.15, -0.1) is 23.2 Å². The summed E-state index contributed by atoms with van der Waals surface area (Å²) in [6.07, 6.45) is 0. The first-order chi connectivity index (χ1) is 11.6. The molecule has 0 aliphatic rings. The lowest BCUT2D eigenvalue weighted by molar-refractivity contribution is -0.384. The Morgan fingerprint density at radius 1 is 0.917 bits per heavy atom. The molecule has 0 amide bonds. The molecular formula is C16H16Cl2N2O3S. The van der Waals surface area contributed by atoms with Crippen LogP contribution in [0.3, 0.4) is 0 Å². The van der Waals surface area contributed by atoms with Crippen LogP contribution < -0.4 is 4.90 Å². The third-order valence-electron chi connectivity index (χ3n) is 3.39. The maximum absolute atomic E-state index is 12.5. The molecule has 128 valence electrons. The highest BCUT2D eigenvalue weighted by Gasteiger charge is 2.11.